The summed E-state index contributed by atoms with van der Waals surface area (Å²) in [6.45, 7) is 0.194. The lowest BCUT2D eigenvalue weighted by Crippen LogP contribution is -2.07. The molecule has 3 aromatic rings. The van der Waals surface area contributed by atoms with Gasteiger partial charge < -0.3 is 15.0 Å². The third kappa shape index (κ3) is 4.28. The molecule has 35 heavy (non-hydrogen) atoms. The molecule has 12 heteroatoms. The van der Waals surface area contributed by atoms with Gasteiger partial charge in [-0.3, -0.25) is 0 Å². The average molecular weight is 500 g/mol. The van der Waals surface area contributed by atoms with E-state index >= 15 is 0 Å². The van der Waals surface area contributed by atoms with Crippen LogP contribution in [0.15, 0.2) is 55.0 Å². The largest absolute Gasteiger partial charge is 0.497 e. The number of nitrogens with two attached hydrogens (primary N) is 1. The van der Waals surface area contributed by atoms with Crippen LogP contribution >= 0.6 is 11.3 Å². The van der Waals surface area contributed by atoms with E-state index in [0.717, 1.165) is 17.4 Å². The van der Waals surface area contributed by atoms with E-state index in [1.54, 1.807) is 29.0 Å². The van der Waals surface area contributed by atoms with Crippen molar-refractivity contribution in [3.05, 3.63) is 71.4 Å². The molecule has 2 aliphatic rings. The number of anilines is 1. The average Bonchev–Trinajstić information content (AvgIpc) is 3.42. The van der Waals surface area contributed by atoms with Gasteiger partial charge in [0.15, 0.2) is 0 Å². The second kappa shape index (κ2) is 8.62. The van der Waals surface area contributed by atoms with Crippen molar-refractivity contribution in [3.8, 4) is 39.0 Å². The minimum Gasteiger partial charge on any atom is -0.497 e. The third-order valence-electron chi connectivity index (χ3n) is 5.28. The summed E-state index contributed by atoms with van der Waals surface area (Å²) in [5, 5.41) is 8.59. The zero-order chi connectivity index (χ0) is 24.7. The first-order valence-corrected chi connectivity index (χ1v) is 11.0. The molecule has 2 aromatic carbocycles. The Hall–Kier alpha value is -4.06. The van der Waals surface area contributed by atoms with Crippen molar-refractivity contribution in [2.75, 3.05) is 12.8 Å². The molecule has 0 amide bonds. The molecule has 0 bridgehead atoms. The molecule has 2 N–H and O–H groups in total. The lowest BCUT2D eigenvalue weighted by molar-refractivity contribution is -0.137. The van der Waals surface area contributed by atoms with Crippen molar-refractivity contribution in [1.82, 2.24) is 24.7 Å². The molecule has 0 aliphatic carbocycles. The van der Waals surface area contributed by atoms with Crippen LogP contribution in [0.3, 0.4) is 0 Å². The van der Waals surface area contributed by atoms with Crippen LogP contribution in [-0.4, -0.2) is 31.8 Å². The van der Waals surface area contributed by atoms with Crippen molar-refractivity contribution in [1.29, 1.82) is 0 Å². The Morgan fingerprint density at radius 1 is 1.06 bits per heavy atom. The summed E-state index contributed by atoms with van der Waals surface area (Å²) in [7, 11) is 1.30. The Morgan fingerprint density at radius 3 is 2.60 bits per heavy atom. The highest BCUT2D eigenvalue weighted by molar-refractivity contribution is 7.14. The molecule has 0 spiro atoms. The van der Waals surface area contributed by atoms with Crippen LogP contribution in [0.2, 0.25) is 0 Å². The Bertz CT molecular complexity index is 1500. The van der Waals surface area contributed by atoms with Crippen LogP contribution in [0.1, 0.15) is 10.6 Å². The molecular formula is C23H16F4N6OS. The zero-order valence-corrected chi connectivity index (χ0v) is 18.9. The van der Waals surface area contributed by atoms with Gasteiger partial charge in [0.2, 0.25) is 0 Å². The van der Waals surface area contributed by atoms with Crippen LogP contribution in [0, 0.1) is 5.82 Å². The smallest absolute Gasteiger partial charge is 0.417 e. The van der Waals surface area contributed by atoms with Gasteiger partial charge in [-0.15, -0.1) is 10.2 Å². The number of ether oxygens (including phenoxy) is 1. The van der Waals surface area contributed by atoms with E-state index in [0.29, 0.717) is 22.1 Å². The molecular weight excluding hydrogens is 484 g/mol. The highest BCUT2D eigenvalue weighted by Crippen LogP contribution is 2.40. The van der Waals surface area contributed by atoms with Gasteiger partial charge >= 0.3 is 6.18 Å². The summed E-state index contributed by atoms with van der Waals surface area (Å²) >= 11 is 1.03. The molecule has 0 radical (unpaired) electrons. The number of nitrogens with zero attached hydrogens (tertiary/aromatic N) is 5. The van der Waals surface area contributed by atoms with Gasteiger partial charge in [0, 0.05) is 17.3 Å². The van der Waals surface area contributed by atoms with E-state index in [1.165, 1.54) is 31.6 Å². The number of methoxy groups -OCH3 is 1. The number of hydrogen-bond donors (Lipinski definition) is 1. The highest BCUT2D eigenvalue weighted by atomic mass is 32.1. The lowest BCUT2D eigenvalue weighted by Gasteiger charge is -2.12. The predicted octanol–water partition coefficient (Wildman–Crippen LogP) is 5.37. The number of hydrogen-bond acceptors (Lipinski definition) is 7. The van der Waals surface area contributed by atoms with Crippen molar-refractivity contribution < 1.29 is 22.3 Å². The van der Waals surface area contributed by atoms with Crippen LogP contribution in [0.5, 0.6) is 5.75 Å². The minimum absolute atomic E-state index is 0.0827. The maximum Gasteiger partial charge on any atom is 0.417 e. The quantitative estimate of drug-likeness (QED) is 0.327. The van der Waals surface area contributed by atoms with E-state index < -0.39 is 17.6 Å². The Morgan fingerprint density at radius 2 is 1.86 bits per heavy atom. The van der Waals surface area contributed by atoms with Gasteiger partial charge in [-0.2, -0.15) is 13.2 Å². The first-order valence-electron chi connectivity index (χ1n) is 10.2. The van der Waals surface area contributed by atoms with Gasteiger partial charge in [0.25, 0.3) is 0 Å². The molecule has 1 aromatic heterocycles. The normalized spacial score (nSPS) is 11.8. The lowest BCUT2D eigenvalue weighted by atomic mass is 10.1. The number of fused-ring (bicyclic) bond motifs is 1. The maximum absolute atomic E-state index is 14.2. The summed E-state index contributed by atoms with van der Waals surface area (Å²) in [5.74, 6) is -0.356. The Labute approximate surface area is 200 Å². The first-order chi connectivity index (χ1) is 16.7. The second-order valence-electron chi connectivity index (χ2n) is 7.54. The van der Waals surface area contributed by atoms with Crippen molar-refractivity contribution >= 4 is 17.0 Å². The number of rotatable bonds is 5. The van der Waals surface area contributed by atoms with Crippen LogP contribution < -0.4 is 10.5 Å². The summed E-state index contributed by atoms with van der Waals surface area (Å²) in [6.07, 6.45) is -1.42. The van der Waals surface area contributed by atoms with Gasteiger partial charge in [0.1, 0.15) is 33.0 Å². The molecule has 0 fully saturated rings. The molecule has 2 aliphatic heterocycles. The van der Waals surface area contributed by atoms with Crippen LogP contribution in [0.25, 0.3) is 33.2 Å². The SMILES string of the molecule is COc1ccc(-c2nnc(Cn3cnc4c(N)c(-c5ccccc5F)nc-4c3)s2)c(C(F)(F)F)c1. The number of aromatic nitrogens is 5. The molecule has 7 nitrogen and oxygen atoms in total. The van der Waals surface area contributed by atoms with Crippen molar-refractivity contribution in [2.24, 2.45) is 0 Å². The molecule has 0 saturated heterocycles. The maximum atomic E-state index is 14.2. The fourth-order valence-corrected chi connectivity index (χ4v) is 4.52. The van der Waals surface area contributed by atoms with E-state index in [9.17, 15) is 17.6 Å². The predicted molar refractivity (Wildman–Crippen MR) is 122 cm³/mol. The van der Waals surface area contributed by atoms with Crippen LogP contribution in [-0.2, 0) is 12.7 Å². The highest BCUT2D eigenvalue weighted by Gasteiger charge is 2.35. The molecule has 3 heterocycles. The van der Waals surface area contributed by atoms with E-state index in [-0.39, 0.29) is 34.1 Å². The Balaban J connectivity index is 1.45. The molecule has 178 valence electrons. The topological polar surface area (TPSA) is 91.7 Å². The van der Waals surface area contributed by atoms with Gasteiger partial charge in [-0.1, -0.05) is 23.5 Å². The molecule has 0 unspecified atom stereocenters. The Kier molecular flexibility index (Phi) is 5.59. The molecule has 0 atom stereocenters. The monoisotopic (exact) mass is 500 g/mol. The first kappa shape index (κ1) is 22.7. The number of alkyl halides is 3. The summed E-state index contributed by atoms with van der Waals surface area (Å²) in [5.41, 5.74) is 6.91. The van der Waals surface area contributed by atoms with Gasteiger partial charge in [-0.05, 0) is 30.3 Å². The van der Waals surface area contributed by atoms with E-state index in [1.807, 2.05) is 0 Å². The van der Waals surface area contributed by atoms with E-state index in [4.69, 9.17) is 10.5 Å². The fraction of sp³-hybridized carbons (Fsp3) is 0.130. The number of halogens is 4. The van der Waals surface area contributed by atoms with Crippen LogP contribution in [0.4, 0.5) is 23.2 Å². The zero-order valence-electron chi connectivity index (χ0n) is 18.0. The third-order valence-corrected chi connectivity index (χ3v) is 6.23. The summed E-state index contributed by atoms with van der Waals surface area (Å²) < 4.78 is 61.6. The number of benzene rings is 2. The van der Waals surface area contributed by atoms with Gasteiger partial charge in [0.05, 0.1) is 36.9 Å². The number of nitrogen functional groups attached to an aromatic ring is 1. The van der Waals surface area contributed by atoms with E-state index in [2.05, 4.69) is 20.2 Å². The minimum atomic E-state index is -4.58. The molecule has 5 rings (SSSR count). The van der Waals surface area contributed by atoms with Crippen molar-refractivity contribution in [3.63, 3.8) is 0 Å². The summed E-state index contributed by atoms with van der Waals surface area (Å²) in [4.78, 5) is 8.77. The standard InChI is InChI=1S/C23H16F4N6OS/c1-34-12-6-7-13(15(8-12)23(25,26)27)22-32-31-18(35-22)10-33-9-17-21(29-11-33)19(28)20(30-17)14-4-2-3-5-16(14)24/h2-9,11H,10,28H2,1H3. The van der Waals surface area contributed by atoms with Gasteiger partial charge in [-0.25, -0.2) is 14.4 Å². The van der Waals surface area contributed by atoms with Crippen molar-refractivity contribution in [2.45, 2.75) is 12.7 Å². The second-order valence-corrected chi connectivity index (χ2v) is 8.61. The molecule has 0 saturated carbocycles. The fourth-order valence-electron chi connectivity index (χ4n) is 3.63. The summed E-state index contributed by atoms with van der Waals surface area (Å²) in [6, 6.07) is 9.85.